The third-order valence-corrected chi connectivity index (χ3v) is 1.67. The highest BCUT2D eigenvalue weighted by atomic mass is 16.7. The van der Waals surface area contributed by atoms with Crippen LogP contribution in [0.1, 0.15) is 19.3 Å². The van der Waals surface area contributed by atoms with Crippen LogP contribution in [-0.2, 0) is 9.47 Å². The van der Waals surface area contributed by atoms with Gasteiger partial charge in [0.2, 0.25) is 0 Å². The van der Waals surface area contributed by atoms with Gasteiger partial charge in [-0.3, -0.25) is 0 Å². The number of ether oxygens (including phenoxy) is 2. The lowest BCUT2D eigenvalue weighted by Gasteiger charge is -2.12. The third kappa shape index (κ3) is 2.42. The van der Waals surface area contributed by atoms with E-state index in [0.717, 1.165) is 24.8 Å². The Morgan fingerprint density at radius 2 is 2.33 bits per heavy atom. The smallest absolute Gasteiger partial charge is 0.437 e. The van der Waals surface area contributed by atoms with Crippen molar-refractivity contribution in [2.45, 2.75) is 19.3 Å². The standard InChI is InChI=1S/C9H12O3/c1-7-4-3-5-8(6-7)12-9(10)11-2/h6H,1,3-5H2,2H3. The molecule has 0 radical (unpaired) electrons. The quantitative estimate of drug-likeness (QED) is 0.564. The Labute approximate surface area is 71.7 Å². The van der Waals surface area contributed by atoms with Crippen molar-refractivity contribution in [2.75, 3.05) is 7.11 Å². The summed E-state index contributed by atoms with van der Waals surface area (Å²) in [6.07, 6.45) is 3.89. The summed E-state index contributed by atoms with van der Waals surface area (Å²) in [5, 5.41) is 0. The molecule has 0 aromatic rings. The molecule has 1 aliphatic rings. The van der Waals surface area contributed by atoms with Crippen LogP contribution in [0.5, 0.6) is 0 Å². The molecule has 0 heterocycles. The summed E-state index contributed by atoms with van der Waals surface area (Å²) in [7, 11) is 1.29. The number of rotatable bonds is 1. The van der Waals surface area contributed by atoms with Crippen molar-refractivity contribution in [3.8, 4) is 0 Å². The molecule has 1 rings (SSSR count). The number of carbonyl (C=O) groups excluding carboxylic acids is 1. The van der Waals surface area contributed by atoms with Crippen LogP contribution in [0.25, 0.3) is 0 Å². The van der Waals surface area contributed by atoms with E-state index in [-0.39, 0.29) is 0 Å². The maximum atomic E-state index is 10.7. The van der Waals surface area contributed by atoms with Gasteiger partial charge in [-0.05, 0) is 18.9 Å². The number of hydrogen-bond acceptors (Lipinski definition) is 3. The Balaban J connectivity index is 2.51. The molecule has 3 nitrogen and oxygen atoms in total. The summed E-state index contributed by atoms with van der Waals surface area (Å²) in [5.74, 6) is 0.651. The van der Waals surface area contributed by atoms with Crippen molar-refractivity contribution >= 4 is 6.16 Å². The van der Waals surface area contributed by atoms with Gasteiger partial charge in [-0.15, -0.1) is 0 Å². The molecule has 0 fully saturated rings. The fraction of sp³-hybridized carbons (Fsp3) is 0.444. The minimum Gasteiger partial charge on any atom is -0.437 e. The van der Waals surface area contributed by atoms with Gasteiger partial charge >= 0.3 is 6.16 Å². The van der Waals surface area contributed by atoms with Crippen LogP contribution in [0.2, 0.25) is 0 Å². The normalized spacial score (nSPS) is 16.8. The van der Waals surface area contributed by atoms with E-state index in [9.17, 15) is 4.79 Å². The lowest BCUT2D eigenvalue weighted by Crippen LogP contribution is -2.06. The topological polar surface area (TPSA) is 35.5 Å². The largest absolute Gasteiger partial charge is 0.513 e. The third-order valence-electron chi connectivity index (χ3n) is 1.67. The Bertz CT molecular complexity index is 228. The molecule has 66 valence electrons. The molecule has 0 atom stereocenters. The first-order valence-corrected chi connectivity index (χ1v) is 3.86. The van der Waals surface area contributed by atoms with Crippen molar-refractivity contribution in [2.24, 2.45) is 0 Å². The van der Waals surface area contributed by atoms with E-state index < -0.39 is 6.16 Å². The van der Waals surface area contributed by atoms with Crippen LogP contribution in [0.4, 0.5) is 4.79 Å². The maximum absolute atomic E-state index is 10.7. The van der Waals surface area contributed by atoms with Crippen molar-refractivity contribution in [1.29, 1.82) is 0 Å². The van der Waals surface area contributed by atoms with E-state index in [1.54, 1.807) is 6.08 Å². The van der Waals surface area contributed by atoms with Crippen molar-refractivity contribution < 1.29 is 14.3 Å². The molecule has 0 unspecified atom stereocenters. The van der Waals surface area contributed by atoms with Crippen LogP contribution in [0.3, 0.4) is 0 Å². The van der Waals surface area contributed by atoms with Gasteiger partial charge in [0, 0.05) is 6.42 Å². The second kappa shape index (κ2) is 3.95. The summed E-state index contributed by atoms with van der Waals surface area (Å²) in [6.45, 7) is 3.79. The highest BCUT2D eigenvalue weighted by Gasteiger charge is 2.10. The lowest BCUT2D eigenvalue weighted by molar-refractivity contribution is 0.0940. The van der Waals surface area contributed by atoms with Crippen LogP contribution in [0, 0.1) is 0 Å². The van der Waals surface area contributed by atoms with Crippen LogP contribution < -0.4 is 0 Å². The predicted molar refractivity (Wildman–Crippen MR) is 44.6 cm³/mol. The second-order valence-corrected chi connectivity index (χ2v) is 2.68. The highest BCUT2D eigenvalue weighted by Crippen LogP contribution is 2.21. The van der Waals surface area contributed by atoms with E-state index in [4.69, 9.17) is 4.74 Å². The Kier molecular flexibility index (Phi) is 2.91. The van der Waals surface area contributed by atoms with Gasteiger partial charge in [0.15, 0.2) is 0 Å². The van der Waals surface area contributed by atoms with Gasteiger partial charge in [-0.2, -0.15) is 0 Å². The molecule has 0 saturated heterocycles. The summed E-state index contributed by atoms with van der Waals surface area (Å²) in [4.78, 5) is 10.7. The van der Waals surface area contributed by atoms with E-state index in [1.165, 1.54) is 7.11 Å². The molecule has 0 aromatic carbocycles. The van der Waals surface area contributed by atoms with E-state index in [1.807, 2.05) is 0 Å². The van der Waals surface area contributed by atoms with Crippen LogP contribution >= 0.6 is 0 Å². The fourth-order valence-corrected chi connectivity index (χ4v) is 1.09. The molecule has 0 aromatic heterocycles. The number of carbonyl (C=O) groups is 1. The maximum Gasteiger partial charge on any atom is 0.513 e. The van der Waals surface area contributed by atoms with Crippen LogP contribution in [-0.4, -0.2) is 13.3 Å². The van der Waals surface area contributed by atoms with E-state index >= 15 is 0 Å². The Hall–Kier alpha value is -1.25. The molecule has 0 spiro atoms. The number of hydrogen-bond donors (Lipinski definition) is 0. The zero-order chi connectivity index (χ0) is 8.97. The zero-order valence-electron chi connectivity index (χ0n) is 7.13. The molecule has 3 heteroatoms. The van der Waals surface area contributed by atoms with Crippen LogP contribution in [0.15, 0.2) is 24.0 Å². The molecular formula is C9H12O3. The lowest BCUT2D eigenvalue weighted by atomic mass is 10.0. The molecule has 0 amide bonds. The molecule has 0 aliphatic heterocycles. The molecular weight excluding hydrogens is 156 g/mol. The first kappa shape index (κ1) is 8.84. The summed E-state index contributed by atoms with van der Waals surface area (Å²) in [5.41, 5.74) is 1.00. The molecule has 12 heavy (non-hydrogen) atoms. The average Bonchev–Trinajstić information content (AvgIpc) is 2.04. The summed E-state index contributed by atoms with van der Waals surface area (Å²) < 4.78 is 9.21. The Morgan fingerprint density at radius 3 is 2.92 bits per heavy atom. The zero-order valence-corrected chi connectivity index (χ0v) is 7.13. The molecule has 1 aliphatic carbocycles. The first-order chi connectivity index (χ1) is 5.72. The van der Waals surface area contributed by atoms with Gasteiger partial charge in [0.1, 0.15) is 5.76 Å². The summed E-state index contributed by atoms with van der Waals surface area (Å²) in [6, 6.07) is 0. The molecule has 0 N–H and O–H groups in total. The Morgan fingerprint density at radius 1 is 1.58 bits per heavy atom. The van der Waals surface area contributed by atoms with Crippen molar-refractivity contribution in [3.05, 3.63) is 24.0 Å². The minimum absolute atomic E-state index is 0.651. The number of methoxy groups -OCH3 is 1. The van der Waals surface area contributed by atoms with Gasteiger partial charge in [0.25, 0.3) is 0 Å². The first-order valence-electron chi connectivity index (χ1n) is 3.86. The highest BCUT2D eigenvalue weighted by molar-refractivity contribution is 5.61. The van der Waals surface area contributed by atoms with E-state index in [2.05, 4.69) is 11.3 Å². The van der Waals surface area contributed by atoms with Gasteiger partial charge in [-0.25, -0.2) is 4.79 Å². The predicted octanol–water partition coefficient (Wildman–Crippen LogP) is 2.39. The monoisotopic (exact) mass is 168 g/mol. The molecule has 0 bridgehead atoms. The van der Waals surface area contributed by atoms with Gasteiger partial charge in [-0.1, -0.05) is 12.2 Å². The molecule has 0 saturated carbocycles. The van der Waals surface area contributed by atoms with E-state index in [0.29, 0.717) is 5.76 Å². The van der Waals surface area contributed by atoms with Crippen molar-refractivity contribution in [1.82, 2.24) is 0 Å². The van der Waals surface area contributed by atoms with Gasteiger partial charge < -0.3 is 9.47 Å². The fourth-order valence-electron chi connectivity index (χ4n) is 1.09. The number of allylic oxidation sites excluding steroid dienone is 3. The second-order valence-electron chi connectivity index (χ2n) is 2.68. The van der Waals surface area contributed by atoms with Crippen molar-refractivity contribution in [3.63, 3.8) is 0 Å². The average molecular weight is 168 g/mol. The SMILES string of the molecule is C=C1C=C(OC(=O)OC)CCC1. The summed E-state index contributed by atoms with van der Waals surface area (Å²) >= 11 is 0. The minimum atomic E-state index is -0.657. The van der Waals surface area contributed by atoms with Gasteiger partial charge in [0.05, 0.1) is 7.11 Å².